The van der Waals surface area contributed by atoms with Crippen molar-refractivity contribution >= 4 is 11.8 Å². The van der Waals surface area contributed by atoms with Gasteiger partial charge in [-0.3, -0.25) is 9.59 Å². The van der Waals surface area contributed by atoms with Gasteiger partial charge in [-0.2, -0.15) is 0 Å². The number of carbonyl (C=O) groups is 2. The SMILES string of the molecule is COc1cccc(C(=O)N2CCCC2COc2ccc(C(=O)NC3CC3)cc2)c1. The molecule has 4 rings (SSSR count). The zero-order chi connectivity index (χ0) is 20.2. The van der Waals surface area contributed by atoms with Crippen LogP contribution in [-0.2, 0) is 0 Å². The summed E-state index contributed by atoms with van der Waals surface area (Å²) in [5.41, 5.74) is 1.27. The minimum absolute atomic E-state index is 0.00194. The van der Waals surface area contributed by atoms with Crippen LogP contribution >= 0.6 is 0 Å². The van der Waals surface area contributed by atoms with E-state index in [1.165, 1.54) is 0 Å². The van der Waals surface area contributed by atoms with Crippen molar-refractivity contribution in [1.82, 2.24) is 10.2 Å². The van der Waals surface area contributed by atoms with Gasteiger partial charge in [0.25, 0.3) is 11.8 Å². The zero-order valence-electron chi connectivity index (χ0n) is 16.6. The first-order chi connectivity index (χ1) is 14.1. The van der Waals surface area contributed by atoms with Crippen molar-refractivity contribution in [3.05, 3.63) is 59.7 Å². The fraction of sp³-hybridized carbons (Fsp3) is 0.391. The Morgan fingerprint density at radius 3 is 2.55 bits per heavy atom. The third-order valence-electron chi connectivity index (χ3n) is 5.43. The number of rotatable bonds is 7. The van der Waals surface area contributed by atoms with Crippen molar-refractivity contribution in [2.24, 2.45) is 0 Å². The Bertz CT molecular complexity index is 877. The number of ether oxygens (including phenoxy) is 2. The van der Waals surface area contributed by atoms with Crippen molar-refractivity contribution in [2.45, 2.75) is 37.8 Å². The highest BCUT2D eigenvalue weighted by molar-refractivity contribution is 5.95. The van der Waals surface area contributed by atoms with E-state index in [1.54, 1.807) is 25.3 Å². The highest BCUT2D eigenvalue weighted by Crippen LogP contribution is 2.24. The molecule has 2 aliphatic rings. The predicted molar refractivity (Wildman–Crippen MR) is 109 cm³/mol. The topological polar surface area (TPSA) is 67.9 Å². The molecule has 1 aliphatic carbocycles. The quantitative estimate of drug-likeness (QED) is 0.783. The van der Waals surface area contributed by atoms with Gasteiger partial charge < -0.3 is 19.7 Å². The van der Waals surface area contributed by atoms with Crippen LogP contribution < -0.4 is 14.8 Å². The smallest absolute Gasteiger partial charge is 0.254 e. The molecule has 0 radical (unpaired) electrons. The van der Waals surface area contributed by atoms with E-state index in [0.29, 0.717) is 35.3 Å². The molecule has 1 atom stereocenters. The first-order valence-electron chi connectivity index (χ1n) is 10.1. The molecule has 2 aromatic carbocycles. The number of carbonyl (C=O) groups excluding carboxylic acids is 2. The van der Waals surface area contributed by atoms with Crippen molar-refractivity contribution in [2.75, 3.05) is 20.3 Å². The number of likely N-dealkylation sites (tertiary alicyclic amines) is 1. The maximum absolute atomic E-state index is 12.9. The van der Waals surface area contributed by atoms with Gasteiger partial charge in [0.1, 0.15) is 18.1 Å². The predicted octanol–water partition coefficient (Wildman–Crippen LogP) is 3.27. The van der Waals surface area contributed by atoms with Crippen molar-refractivity contribution in [1.29, 1.82) is 0 Å². The van der Waals surface area contributed by atoms with Crippen molar-refractivity contribution in [3.8, 4) is 11.5 Å². The molecule has 1 aliphatic heterocycles. The van der Waals surface area contributed by atoms with E-state index in [1.807, 2.05) is 35.2 Å². The van der Waals surface area contributed by atoms with Crippen LogP contribution in [0.2, 0.25) is 0 Å². The largest absolute Gasteiger partial charge is 0.497 e. The normalized spacial score (nSPS) is 18.4. The van der Waals surface area contributed by atoms with E-state index in [-0.39, 0.29) is 17.9 Å². The number of hydrogen-bond donors (Lipinski definition) is 1. The number of nitrogens with one attached hydrogen (secondary N) is 1. The second-order valence-corrected chi connectivity index (χ2v) is 7.61. The lowest BCUT2D eigenvalue weighted by molar-refractivity contribution is 0.0691. The van der Waals surface area contributed by atoms with E-state index in [9.17, 15) is 9.59 Å². The standard InChI is InChI=1S/C23H26N2O4/c1-28-21-6-2-4-17(14-21)23(27)25-13-3-5-19(25)15-29-20-11-7-16(8-12-20)22(26)24-18-9-10-18/h2,4,6-8,11-12,14,18-19H,3,5,9-10,13,15H2,1H3,(H,24,26). The van der Waals surface area contributed by atoms with Crippen LogP contribution in [0.15, 0.2) is 48.5 Å². The molecule has 2 fully saturated rings. The summed E-state index contributed by atoms with van der Waals surface area (Å²) < 4.78 is 11.2. The summed E-state index contributed by atoms with van der Waals surface area (Å²) in [5, 5.41) is 2.98. The summed E-state index contributed by atoms with van der Waals surface area (Å²) in [6, 6.07) is 14.8. The van der Waals surface area contributed by atoms with Crippen LogP contribution in [0.4, 0.5) is 0 Å². The summed E-state index contributed by atoms with van der Waals surface area (Å²) in [7, 11) is 1.59. The molecule has 1 saturated carbocycles. The molecular weight excluding hydrogens is 368 g/mol. The summed E-state index contributed by atoms with van der Waals surface area (Å²) in [4.78, 5) is 26.9. The van der Waals surface area contributed by atoms with Crippen LogP contribution in [0, 0.1) is 0 Å². The Labute approximate surface area is 170 Å². The number of methoxy groups -OCH3 is 1. The Kier molecular flexibility index (Phi) is 5.69. The van der Waals surface area contributed by atoms with Crippen LogP contribution in [0.1, 0.15) is 46.4 Å². The van der Waals surface area contributed by atoms with E-state index >= 15 is 0 Å². The van der Waals surface area contributed by atoms with E-state index < -0.39 is 0 Å². The fourth-order valence-corrected chi connectivity index (χ4v) is 3.59. The minimum atomic E-state index is -0.0371. The molecule has 29 heavy (non-hydrogen) atoms. The maximum atomic E-state index is 12.9. The Morgan fingerprint density at radius 1 is 1.03 bits per heavy atom. The molecule has 0 bridgehead atoms. The molecular formula is C23H26N2O4. The van der Waals surface area contributed by atoms with Gasteiger partial charge in [0.05, 0.1) is 13.2 Å². The molecule has 1 N–H and O–H groups in total. The molecule has 2 aromatic rings. The van der Waals surface area contributed by atoms with E-state index in [4.69, 9.17) is 9.47 Å². The van der Waals surface area contributed by atoms with Crippen molar-refractivity contribution in [3.63, 3.8) is 0 Å². The van der Waals surface area contributed by atoms with Gasteiger partial charge in [-0.25, -0.2) is 0 Å². The summed E-state index contributed by atoms with van der Waals surface area (Å²) in [5.74, 6) is 1.34. The van der Waals surface area contributed by atoms with Gasteiger partial charge >= 0.3 is 0 Å². The average Bonchev–Trinajstić information content (AvgIpc) is 3.45. The first-order valence-corrected chi connectivity index (χ1v) is 10.1. The Hall–Kier alpha value is -3.02. The molecule has 6 heteroatoms. The van der Waals surface area contributed by atoms with Crippen LogP contribution in [0.5, 0.6) is 11.5 Å². The lowest BCUT2D eigenvalue weighted by atomic mass is 10.1. The second-order valence-electron chi connectivity index (χ2n) is 7.61. The molecule has 0 aromatic heterocycles. The monoisotopic (exact) mass is 394 g/mol. The molecule has 1 saturated heterocycles. The number of hydrogen-bond acceptors (Lipinski definition) is 4. The van der Waals surface area contributed by atoms with E-state index in [2.05, 4.69) is 5.32 Å². The Balaban J connectivity index is 1.34. The number of amides is 2. The number of benzene rings is 2. The second kappa shape index (κ2) is 8.55. The minimum Gasteiger partial charge on any atom is -0.497 e. The summed E-state index contributed by atoms with van der Waals surface area (Å²) in [6.45, 7) is 1.16. The summed E-state index contributed by atoms with van der Waals surface area (Å²) in [6.07, 6.45) is 4.01. The lowest BCUT2D eigenvalue weighted by Gasteiger charge is -2.25. The molecule has 152 valence electrons. The highest BCUT2D eigenvalue weighted by atomic mass is 16.5. The maximum Gasteiger partial charge on any atom is 0.254 e. The zero-order valence-corrected chi connectivity index (χ0v) is 16.6. The van der Waals surface area contributed by atoms with Crippen LogP contribution in [-0.4, -0.2) is 49.1 Å². The van der Waals surface area contributed by atoms with Crippen LogP contribution in [0.25, 0.3) is 0 Å². The average molecular weight is 394 g/mol. The lowest BCUT2D eigenvalue weighted by Crippen LogP contribution is -2.39. The number of nitrogens with zero attached hydrogens (tertiary/aromatic N) is 1. The third kappa shape index (κ3) is 4.70. The van der Waals surface area contributed by atoms with Gasteiger partial charge in [-0.05, 0) is 68.1 Å². The summed E-state index contributed by atoms with van der Waals surface area (Å²) >= 11 is 0. The third-order valence-corrected chi connectivity index (χ3v) is 5.43. The van der Waals surface area contributed by atoms with Gasteiger partial charge in [-0.15, -0.1) is 0 Å². The van der Waals surface area contributed by atoms with E-state index in [0.717, 1.165) is 32.2 Å². The molecule has 0 spiro atoms. The Morgan fingerprint density at radius 2 is 1.83 bits per heavy atom. The van der Waals surface area contributed by atoms with Gasteiger partial charge in [-0.1, -0.05) is 6.07 Å². The molecule has 1 heterocycles. The van der Waals surface area contributed by atoms with Gasteiger partial charge in [0.15, 0.2) is 0 Å². The highest BCUT2D eigenvalue weighted by Gasteiger charge is 2.30. The first kappa shape index (κ1) is 19.3. The fourth-order valence-electron chi connectivity index (χ4n) is 3.59. The molecule has 6 nitrogen and oxygen atoms in total. The van der Waals surface area contributed by atoms with Gasteiger partial charge in [0, 0.05) is 23.7 Å². The van der Waals surface area contributed by atoms with Crippen molar-refractivity contribution < 1.29 is 19.1 Å². The van der Waals surface area contributed by atoms with Crippen LogP contribution in [0.3, 0.4) is 0 Å². The van der Waals surface area contributed by atoms with Gasteiger partial charge in [0.2, 0.25) is 0 Å². The molecule has 2 amide bonds. The molecule has 1 unspecified atom stereocenters.